The van der Waals surface area contributed by atoms with Crippen molar-refractivity contribution in [1.82, 2.24) is 4.98 Å². The highest BCUT2D eigenvalue weighted by molar-refractivity contribution is 5.46. The Hall–Kier alpha value is -1.71. The lowest BCUT2D eigenvalue weighted by Crippen LogP contribution is -2.25. The van der Waals surface area contributed by atoms with Gasteiger partial charge in [0.05, 0.1) is 7.11 Å². The molecule has 0 bridgehead atoms. The predicted molar refractivity (Wildman–Crippen MR) is 49.3 cm³/mol. The number of ether oxygens (including phenoxy) is 1. The highest BCUT2D eigenvalue weighted by Gasteiger charge is 1.98. The van der Waals surface area contributed by atoms with Gasteiger partial charge in [-0.2, -0.15) is 0 Å². The van der Waals surface area contributed by atoms with E-state index in [2.05, 4.69) is 11.6 Å². The minimum atomic E-state index is -0.500. The maximum absolute atomic E-state index is 10.9. The number of hydrogen-bond acceptors (Lipinski definition) is 3. The Morgan fingerprint density at radius 2 is 2.38 bits per heavy atom. The molecule has 0 aliphatic heterocycles. The quantitative estimate of drug-likeness (QED) is 0.682. The zero-order valence-corrected chi connectivity index (χ0v) is 7.59. The number of aromatic amines is 1. The lowest BCUT2D eigenvalue weighted by atomic mass is 10.4. The molecule has 0 saturated carbocycles. The fraction of sp³-hybridized carbons (Fsp3) is 0.222. The Balaban J connectivity index is 3.70. The van der Waals surface area contributed by atoms with E-state index in [-0.39, 0.29) is 0 Å². The summed E-state index contributed by atoms with van der Waals surface area (Å²) in [6.07, 6.45) is 3.18. The van der Waals surface area contributed by atoms with E-state index >= 15 is 0 Å². The minimum Gasteiger partial charge on any atom is -0.494 e. The Morgan fingerprint density at radius 3 is 2.85 bits per heavy atom. The zero-order chi connectivity index (χ0) is 9.84. The molecule has 0 atom stereocenters. The topological polar surface area (TPSA) is 55.2 Å². The summed E-state index contributed by atoms with van der Waals surface area (Å²) < 4.78 is 9.82. The fourth-order valence-electron chi connectivity index (χ4n) is 1.01. The lowest BCUT2D eigenvalue weighted by Gasteiger charge is -1.94. The summed E-state index contributed by atoms with van der Waals surface area (Å²) in [6.45, 7) is 5.32. The first-order valence-electron chi connectivity index (χ1n) is 3.79. The van der Waals surface area contributed by atoms with Crippen LogP contribution in [0.1, 0.15) is 6.92 Å². The van der Waals surface area contributed by atoms with Gasteiger partial charge in [-0.1, -0.05) is 6.58 Å². The van der Waals surface area contributed by atoms with Crippen LogP contribution < -0.4 is 16.5 Å². The van der Waals surface area contributed by atoms with Crippen molar-refractivity contribution in [3.8, 4) is 0 Å². The summed E-state index contributed by atoms with van der Waals surface area (Å²) in [7, 11) is 1.50. The van der Waals surface area contributed by atoms with Gasteiger partial charge in [0, 0.05) is 0 Å². The van der Waals surface area contributed by atoms with Gasteiger partial charge < -0.3 is 9.15 Å². The molecule has 70 valence electrons. The summed E-state index contributed by atoms with van der Waals surface area (Å²) in [5, 5.41) is 0.519. The first-order valence-corrected chi connectivity index (χ1v) is 3.79. The van der Waals surface area contributed by atoms with E-state index in [1.54, 1.807) is 13.0 Å². The summed E-state index contributed by atoms with van der Waals surface area (Å²) in [5.41, 5.74) is 0.460. The van der Waals surface area contributed by atoms with Crippen molar-refractivity contribution in [1.29, 1.82) is 0 Å². The standard InChI is InChI=1S/C9H11NO3/c1-4-6(12-3)8-7(5-2)13-9(11)10-8/h4-5H,1H2,2-3H3,(H,10,11)/b7-5+,8-6-. The molecule has 0 aromatic carbocycles. The van der Waals surface area contributed by atoms with Crippen LogP contribution in [0.3, 0.4) is 0 Å². The normalized spacial score (nSPS) is 14.2. The molecule has 0 unspecified atom stereocenters. The van der Waals surface area contributed by atoms with Gasteiger partial charge in [-0.05, 0) is 19.1 Å². The van der Waals surface area contributed by atoms with Crippen molar-refractivity contribution in [3.63, 3.8) is 0 Å². The second-order valence-electron chi connectivity index (χ2n) is 2.31. The van der Waals surface area contributed by atoms with E-state index in [9.17, 15) is 4.79 Å². The van der Waals surface area contributed by atoms with Gasteiger partial charge in [-0.3, -0.25) is 4.98 Å². The Labute approximate surface area is 74.8 Å². The van der Waals surface area contributed by atoms with E-state index in [1.807, 2.05) is 0 Å². The summed E-state index contributed by atoms with van der Waals surface area (Å²) in [6, 6.07) is 0. The molecule has 1 N–H and O–H groups in total. The van der Waals surface area contributed by atoms with Gasteiger partial charge in [0.15, 0.2) is 5.42 Å². The summed E-state index contributed by atoms with van der Waals surface area (Å²) in [5.74, 6) is -0.0153. The molecule has 1 heterocycles. The number of nitrogens with one attached hydrogen (secondary N) is 1. The van der Waals surface area contributed by atoms with Crippen molar-refractivity contribution in [2.75, 3.05) is 7.11 Å². The van der Waals surface area contributed by atoms with Gasteiger partial charge in [-0.25, -0.2) is 4.79 Å². The van der Waals surface area contributed by atoms with E-state index in [1.165, 1.54) is 13.2 Å². The number of rotatable bonds is 2. The average molecular weight is 181 g/mol. The van der Waals surface area contributed by atoms with Crippen LogP contribution >= 0.6 is 0 Å². The zero-order valence-electron chi connectivity index (χ0n) is 7.59. The number of aromatic nitrogens is 1. The molecule has 1 aromatic heterocycles. The van der Waals surface area contributed by atoms with Crippen molar-refractivity contribution in [2.24, 2.45) is 0 Å². The SMILES string of the molecule is C=C/C(OC)=c1/[nH]c(=O)o/c1=C/C. The monoisotopic (exact) mass is 181 g/mol. The average Bonchev–Trinajstić information content (AvgIpc) is 2.49. The van der Waals surface area contributed by atoms with Crippen molar-refractivity contribution >= 4 is 11.8 Å². The van der Waals surface area contributed by atoms with Crippen LogP contribution in [0.5, 0.6) is 0 Å². The highest BCUT2D eigenvalue weighted by Crippen LogP contribution is 1.90. The number of oxazole rings is 1. The third kappa shape index (κ3) is 1.72. The molecule has 4 nitrogen and oxygen atoms in total. The molecule has 0 spiro atoms. The molecule has 0 fully saturated rings. The molecule has 1 aromatic rings. The third-order valence-corrected chi connectivity index (χ3v) is 1.59. The Bertz CT molecular complexity index is 464. The smallest absolute Gasteiger partial charge is 0.417 e. The van der Waals surface area contributed by atoms with E-state index in [4.69, 9.17) is 9.15 Å². The van der Waals surface area contributed by atoms with Gasteiger partial charge in [-0.15, -0.1) is 0 Å². The second-order valence-corrected chi connectivity index (χ2v) is 2.31. The van der Waals surface area contributed by atoms with Crippen molar-refractivity contribution < 1.29 is 9.15 Å². The van der Waals surface area contributed by atoms with Crippen LogP contribution in [0.25, 0.3) is 11.8 Å². The van der Waals surface area contributed by atoms with Crippen molar-refractivity contribution in [2.45, 2.75) is 6.92 Å². The van der Waals surface area contributed by atoms with Crippen LogP contribution in [0.15, 0.2) is 21.9 Å². The third-order valence-electron chi connectivity index (χ3n) is 1.59. The maximum atomic E-state index is 10.9. The molecule has 0 aliphatic rings. The Kier molecular flexibility index (Phi) is 2.74. The van der Waals surface area contributed by atoms with E-state index in [0.717, 1.165) is 0 Å². The summed E-state index contributed by atoms with van der Waals surface area (Å²) in [4.78, 5) is 13.4. The van der Waals surface area contributed by atoms with Crippen LogP contribution in [0, 0.1) is 0 Å². The molecular formula is C9H11NO3. The van der Waals surface area contributed by atoms with E-state index in [0.29, 0.717) is 16.5 Å². The number of methoxy groups -OCH3 is 1. The van der Waals surface area contributed by atoms with Gasteiger partial charge in [0.2, 0.25) is 0 Å². The van der Waals surface area contributed by atoms with Crippen LogP contribution in [0.2, 0.25) is 0 Å². The second kappa shape index (κ2) is 3.80. The minimum absolute atomic E-state index is 0.460. The number of hydrogen-bond donors (Lipinski definition) is 1. The molecule has 0 aliphatic carbocycles. The molecule has 4 heteroatoms. The van der Waals surface area contributed by atoms with Crippen LogP contribution in [0.4, 0.5) is 0 Å². The molecule has 1 rings (SSSR count). The van der Waals surface area contributed by atoms with Crippen molar-refractivity contribution in [3.05, 3.63) is 34.0 Å². The van der Waals surface area contributed by atoms with Crippen LogP contribution in [-0.4, -0.2) is 12.1 Å². The largest absolute Gasteiger partial charge is 0.494 e. The van der Waals surface area contributed by atoms with Gasteiger partial charge >= 0.3 is 5.76 Å². The fourth-order valence-corrected chi connectivity index (χ4v) is 1.01. The first kappa shape index (κ1) is 9.38. The predicted octanol–water partition coefficient (Wildman–Crippen LogP) is -0.291. The molecule has 0 amide bonds. The summed E-state index contributed by atoms with van der Waals surface area (Å²) >= 11 is 0. The molecule has 0 radical (unpaired) electrons. The molecule has 13 heavy (non-hydrogen) atoms. The maximum Gasteiger partial charge on any atom is 0.417 e. The number of H-pyrrole nitrogens is 1. The molecular weight excluding hydrogens is 170 g/mol. The van der Waals surface area contributed by atoms with Crippen LogP contribution in [-0.2, 0) is 4.74 Å². The molecule has 0 saturated heterocycles. The first-order chi connectivity index (χ1) is 6.22. The lowest BCUT2D eigenvalue weighted by molar-refractivity contribution is 0.368. The van der Waals surface area contributed by atoms with Gasteiger partial charge in [0.25, 0.3) is 0 Å². The van der Waals surface area contributed by atoms with E-state index < -0.39 is 5.76 Å². The van der Waals surface area contributed by atoms with Gasteiger partial charge in [0.1, 0.15) is 11.1 Å². The Morgan fingerprint density at radius 1 is 1.69 bits per heavy atom. The highest BCUT2D eigenvalue weighted by atomic mass is 16.5.